The number of benzene rings is 6. The quantitative estimate of drug-likeness (QED) is 0.0592. The van der Waals surface area contributed by atoms with E-state index >= 15 is 0 Å². The first-order valence-corrected chi connectivity index (χ1v) is 33.0. The number of carbonyl (C=O) groups is 3. The van der Waals surface area contributed by atoms with E-state index < -0.39 is 5.97 Å². The van der Waals surface area contributed by atoms with Crippen molar-refractivity contribution < 1.29 is 24.2 Å². The zero-order valence-corrected chi connectivity index (χ0v) is 54.4. The van der Waals surface area contributed by atoms with E-state index in [-0.39, 0.29) is 34.2 Å². The molecule has 1 aliphatic heterocycles. The van der Waals surface area contributed by atoms with E-state index in [9.17, 15) is 28.8 Å². The van der Waals surface area contributed by atoms with Crippen molar-refractivity contribution in [3.05, 3.63) is 283 Å². The number of amides is 2. The molecule has 10 heterocycles. The molecule has 99 heavy (non-hydrogen) atoms. The number of carboxylic acid groups (broad SMARTS) is 1. The Morgan fingerprint density at radius 2 is 0.697 bits per heavy atom. The first-order valence-electron chi connectivity index (χ1n) is 30.4. The second-order valence-corrected chi connectivity index (χ2v) is 24.0. The number of rotatable bonds is 11. The molecular weight excluding hydrogens is 1310 g/mol. The van der Waals surface area contributed by atoms with Gasteiger partial charge in [0.25, 0.3) is 28.5 Å². The van der Waals surface area contributed by atoms with Gasteiger partial charge in [0.15, 0.2) is 5.69 Å². The maximum absolute atomic E-state index is 12.6. The lowest BCUT2D eigenvalue weighted by atomic mass is 10.0. The van der Waals surface area contributed by atoms with Crippen molar-refractivity contribution in [2.24, 2.45) is 0 Å². The number of aromatic amines is 3. The molecule has 16 rings (SSSR count). The number of aromatic carboxylic acids is 1. The van der Waals surface area contributed by atoms with Gasteiger partial charge >= 0.3 is 5.97 Å². The first kappa shape index (κ1) is 66.3. The van der Waals surface area contributed by atoms with E-state index in [4.69, 9.17) is 15.6 Å². The number of ether oxygens (including phenoxy) is 1. The minimum absolute atomic E-state index is 0.0850. The van der Waals surface area contributed by atoms with Crippen LogP contribution in [-0.2, 0) is 4.74 Å². The predicted molar refractivity (Wildman–Crippen MR) is 387 cm³/mol. The van der Waals surface area contributed by atoms with Crippen LogP contribution in [0.25, 0.3) is 97.8 Å². The van der Waals surface area contributed by atoms with Gasteiger partial charge in [-0.25, -0.2) is 35.0 Å². The Labute approximate surface area is 573 Å². The highest BCUT2D eigenvalue weighted by Crippen LogP contribution is 2.31. The zero-order chi connectivity index (χ0) is 68.5. The number of nitrogens with one attached hydrogen (secondary N) is 5. The van der Waals surface area contributed by atoms with Gasteiger partial charge < -0.3 is 26.2 Å². The van der Waals surface area contributed by atoms with Crippen LogP contribution in [-0.4, -0.2) is 96.6 Å². The van der Waals surface area contributed by atoms with Crippen LogP contribution < -0.4 is 33.0 Å². The van der Waals surface area contributed by atoms with Crippen molar-refractivity contribution >= 4 is 101 Å². The molecule has 9 aromatic heterocycles. The summed E-state index contributed by atoms with van der Waals surface area (Å²) in [5.74, 6) is -1.56. The Morgan fingerprint density at radius 3 is 1.00 bits per heavy atom. The average molecular weight is 1370 g/mol. The molecular formula is C73H55N15O8S3. The molecule has 488 valence electrons. The highest BCUT2D eigenvalue weighted by molar-refractivity contribution is 7.14. The number of hydrogen-bond acceptors (Lipinski definition) is 20. The van der Waals surface area contributed by atoms with Crippen molar-refractivity contribution in [3.8, 4) is 65.5 Å². The number of aromatic nitrogens is 12. The van der Waals surface area contributed by atoms with Gasteiger partial charge in [0.2, 0.25) is 0 Å². The van der Waals surface area contributed by atoms with Gasteiger partial charge in [-0.3, -0.25) is 38.9 Å². The SMILES string of the molecule is C1CCOC1.Nc1ccc(-c2n[nH]c(=O)c3ccccc23)cc1.O=C(Nc1ccc(-c2n[nH]c(=O)c3ccccc23)cc1)c1csc(-c2ccncc2)n1.O=C(Nc1ccc(-c2n[nH]c(=O)c3ccccc23)cc1)c1csc(-c2ccncc2)n1.O=C(O)c1csc(-c2ccncc2)n1. The fourth-order valence-electron chi connectivity index (χ4n) is 9.98. The molecule has 2 amide bonds. The number of anilines is 3. The molecule has 0 unspecified atom stereocenters. The number of carbonyl (C=O) groups excluding carboxylic acids is 2. The van der Waals surface area contributed by atoms with E-state index in [1.54, 1.807) is 103 Å². The number of hydrogen-bond donors (Lipinski definition) is 7. The van der Waals surface area contributed by atoms with Gasteiger partial charge in [0.1, 0.15) is 26.4 Å². The van der Waals surface area contributed by atoms with Crippen molar-refractivity contribution in [1.82, 2.24) is 60.5 Å². The Kier molecular flexibility index (Phi) is 21.2. The standard InChI is InChI=1S/2C23H15N5O2S.C14H11N3O.C9H6N2O2S.C4H8O/c2*29-21-18-4-2-1-3-17(18)20(27-28-21)14-5-7-16(8-6-14)25-22(30)19-13-31-23(26-19)15-9-11-24-12-10-15;15-10-7-5-9(6-8-10)13-11-3-1-2-4-12(11)14(18)17-16-13;12-9(13)7-5-14-8(11-7)6-1-3-10-4-2-6;1-2-4-5-3-1/h2*1-13H,(H,25,30)(H,28,29);1-8H,15H2,(H,17,18);1-5H,(H,12,13);1-4H2. The summed E-state index contributed by atoms with van der Waals surface area (Å²) in [5, 5.41) is 45.9. The highest BCUT2D eigenvalue weighted by atomic mass is 32.1. The lowest BCUT2D eigenvalue weighted by Gasteiger charge is -2.07. The van der Waals surface area contributed by atoms with E-state index in [0.29, 0.717) is 61.0 Å². The van der Waals surface area contributed by atoms with E-state index in [0.717, 1.165) is 78.5 Å². The average Bonchev–Trinajstić information content (AvgIpc) is 1.57. The smallest absolute Gasteiger partial charge is 0.355 e. The summed E-state index contributed by atoms with van der Waals surface area (Å²) in [5.41, 5.74) is 15.2. The van der Waals surface area contributed by atoms with E-state index in [1.807, 2.05) is 127 Å². The van der Waals surface area contributed by atoms with Crippen LogP contribution in [0.2, 0.25) is 0 Å². The fourth-order valence-corrected chi connectivity index (χ4v) is 12.4. The molecule has 6 aromatic carbocycles. The van der Waals surface area contributed by atoms with Gasteiger partial charge in [-0.1, -0.05) is 91.0 Å². The number of pyridine rings is 3. The van der Waals surface area contributed by atoms with Gasteiger partial charge in [-0.2, -0.15) is 15.3 Å². The number of H-pyrrole nitrogens is 3. The van der Waals surface area contributed by atoms with Gasteiger partial charge in [0.05, 0.1) is 33.2 Å². The summed E-state index contributed by atoms with van der Waals surface area (Å²) in [6, 6.07) is 55.1. The van der Waals surface area contributed by atoms with Crippen LogP contribution in [0, 0.1) is 0 Å². The largest absolute Gasteiger partial charge is 0.476 e. The molecule has 15 aromatic rings. The zero-order valence-electron chi connectivity index (χ0n) is 52.0. The Balaban J connectivity index is 0.000000127. The summed E-state index contributed by atoms with van der Waals surface area (Å²) in [4.78, 5) is 96.1. The molecule has 0 atom stereocenters. The van der Waals surface area contributed by atoms with Gasteiger partial charge in [-0.15, -0.1) is 34.0 Å². The number of thiazole rings is 3. The summed E-state index contributed by atoms with van der Waals surface area (Å²) in [6.45, 7) is 2.00. The molecule has 8 N–H and O–H groups in total. The first-order chi connectivity index (χ1) is 48.4. The van der Waals surface area contributed by atoms with Crippen LogP contribution in [0.4, 0.5) is 17.1 Å². The minimum atomic E-state index is -0.999. The number of carboxylic acids is 1. The molecule has 0 spiro atoms. The van der Waals surface area contributed by atoms with Crippen LogP contribution in [0.5, 0.6) is 0 Å². The van der Waals surface area contributed by atoms with Crippen molar-refractivity contribution in [2.75, 3.05) is 29.6 Å². The number of nitrogens with two attached hydrogens (primary N) is 1. The molecule has 23 nitrogen and oxygen atoms in total. The summed E-state index contributed by atoms with van der Waals surface area (Å²) in [6.07, 6.45) is 12.6. The summed E-state index contributed by atoms with van der Waals surface area (Å²) in [7, 11) is 0. The lowest BCUT2D eigenvalue weighted by Crippen LogP contribution is -2.12. The van der Waals surface area contributed by atoms with Gasteiger partial charge in [-0.05, 0) is 104 Å². The maximum atomic E-state index is 12.6. The molecule has 0 radical (unpaired) electrons. The Bertz CT molecular complexity index is 5250. The van der Waals surface area contributed by atoms with E-state index in [1.165, 1.54) is 52.2 Å². The van der Waals surface area contributed by atoms with Crippen LogP contribution >= 0.6 is 34.0 Å². The Hall–Kier alpha value is -12.8. The molecule has 0 aliphatic carbocycles. The summed E-state index contributed by atoms with van der Waals surface area (Å²) >= 11 is 4.12. The Morgan fingerprint density at radius 1 is 0.394 bits per heavy atom. The molecule has 26 heteroatoms. The topological polar surface area (TPSA) is 345 Å². The minimum Gasteiger partial charge on any atom is -0.476 e. The van der Waals surface area contributed by atoms with Crippen molar-refractivity contribution in [1.29, 1.82) is 0 Å². The van der Waals surface area contributed by atoms with Crippen molar-refractivity contribution in [2.45, 2.75) is 12.8 Å². The monoisotopic (exact) mass is 1370 g/mol. The lowest BCUT2D eigenvalue weighted by molar-refractivity contribution is 0.0691. The normalized spacial score (nSPS) is 11.4. The van der Waals surface area contributed by atoms with Crippen LogP contribution in [0.3, 0.4) is 0 Å². The van der Waals surface area contributed by atoms with Crippen LogP contribution in [0.1, 0.15) is 44.3 Å². The van der Waals surface area contributed by atoms with Gasteiger partial charge in [0, 0.05) is 133 Å². The van der Waals surface area contributed by atoms with Crippen LogP contribution in [0.15, 0.2) is 250 Å². The number of nitrogen functional groups attached to an aromatic ring is 1. The summed E-state index contributed by atoms with van der Waals surface area (Å²) < 4.78 is 4.94. The second kappa shape index (κ2) is 31.7. The molecule has 1 saturated heterocycles. The maximum Gasteiger partial charge on any atom is 0.355 e. The molecule has 1 aliphatic rings. The fraction of sp³-hybridized carbons (Fsp3) is 0.0548. The third-order valence-corrected chi connectivity index (χ3v) is 17.6. The van der Waals surface area contributed by atoms with E-state index in [2.05, 4.69) is 71.1 Å². The number of nitrogens with zero attached hydrogens (tertiary/aromatic N) is 9. The van der Waals surface area contributed by atoms with Crippen molar-refractivity contribution in [3.63, 3.8) is 0 Å². The highest BCUT2D eigenvalue weighted by Gasteiger charge is 2.17. The third-order valence-electron chi connectivity index (χ3n) is 14.9. The molecule has 0 bridgehead atoms. The second-order valence-electron chi connectivity index (χ2n) is 21.5. The third kappa shape index (κ3) is 16.5. The number of fused-ring (bicyclic) bond motifs is 3. The molecule has 0 saturated carbocycles. The molecule has 1 fully saturated rings. The predicted octanol–water partition coefficient (Wildman–Crippen LogP) is 13.6.